The zero-order valence-corrected chi connectivity index (χ0v) is 11.7. The van der Waals surface area contributed by atoms with Gasteiger partial charge in [0.05, 0.1) is 0 Å². The molecule has 18 heavy (non-hydrogen) atoms. The minimum atomic E-state index is -0.140. The van der Waals surface area contributed by atoms with E-state index >= 15 is 0 Å². The normalized spacial score (nSPS) is 11.7. The van der Waals surface area contributed by atoms with Crippen molar-refractivity contribution >= 4 is 5.91 Å². The lowest BCUT2D eigenvalue weighted by atomic mass is 9.81. The van der Waals surface area contributed by atoms with Gasteiger partial charge in [0.25, 0.3) is 5.91 Å². The summed E-state index contributed by atoms with van der Waals surface area (Å²) >= 11 is 0. The molecule has 0 bridgehead atoms. The van der Waals surface area contributed by atoms with Crippen LogP contribution in [0.1, 0.15) is 43.7 Å². The number of rotatable bonds is 5. The standard InChI is InChI=1S/C14H23N3O/c1-10(2)14(3,4)9-17-13(18)12-7-11(8-15)5-6-16-12/h5-7,10H,8-9,15H2,1-4H3,(H,17,18). The molecule has 3 N–H and O–H groups in total. The number of hydrogen-bond donors (Lipinski definition) is 2. The number of hydrogen-bond acceptors (Lipinski definition) is 3. The Balaban J connectivity index is 2.66. The van der Waals surface area contributed by atoms with E-state index in [-0.39, 0.29) is 11.3 Å². The molecule has 4 nitrogen and oxygen atoms in total. The fourth-order valence-electron chi connectivity index (χ4n) is 1.33. The van der Waals surface area contributed by atoms with Crippen LogP contribution in [0, 0.1) is 11.3 Å². The van der Waals surface area contributed by atoms with Gasteiger partial charge in [0, 0.05) is 19.3 Å². The second-order valence-electron chi connectivity index (χ2n) is 5.58. The van der Waals surface area contributed by atoms with Crippen LogP contribution in [-0.4, -0.2) is 17.4 Å². The van der Waals surface area contributed by atoms with E-state index in [2.05, 4.69) is 38.0 Å². The van der Waals surface area contributed by atoms with Gasteiger partial charge in [-0.1, -0.05) is 27.7 Å². The summed E-state index contributed by atoms with van der Waals surface area (Å²) in [5, 5.41) is 2.93. The molecule has 0 saturated heterocycles. The average Bonchev–Trinajstić information content (AvgIpc) is 2.36. The number of carbonyl (C=O) groups is 1. The van der Waals surface area contributed by atoms with E-state index in [0.29, 0.717) is 24.7 Å². The molecular formula is C14H23N3O. The predicted octanol–water partition coefficient (Wildman–Crippen LogP) is 1.95. The van der Waals surface area contributed by atoms with Crippen LogP contribution in [0.3, 0.4) is 0 Å². The number of nitrogens with two attached hydrogens (primary N) is 1. The van der Waals surface area contributed by atoms with Gasteiger partial charge in [-0.25, -0.2) is 0 Å². The van der Waals surface area contributed by atoms with E-state index in [0.717, 1.165) is 5.56 Å². The number of nitrogens with zero attached hydrogens (tertiary/aromatic N) is 1. The van der Waals surface area contributed by atoms with Crippen molar-refractivity contribution in [1.29, 1.82) is 0 Å². The van der Waals surface area contributed by atoms with E-state index in [4.69, 9.17) is 5.73 Å². The molecule has 0 unspecified atom stereocenters. The Morgan fingerprint density at radius 2 is 2.17 bits per heavy atom. The largest absolute Gasteiger partial charge is 0.350 e. The lowest BCUT2D eigenvalue weighted by Gasteiger charge is -2.29. The van der Waals surface area contributed by atoms with Crippen LogP contribution >= 0.6 is 0 Å². The van der Waals surface area contributed by atoms with Crippen LogP contribution < -0.4 is 11.1 Å². The molecule has 0 spiro atoms. The summed E-state index contributed by atoms with van der Waals surface area (Å²) in [6, 6.07) is 3.55. The van der Waals surface area contributed by atoms with E-state index < -0.39 is 0 Å². The van der Waals surface area contributed by atoms with E-state index in [1.807, 2.05) is 6.07 Å². The molecule has 4 heteroatoms. The van der Waals surface area contributed by atoms with E-state index in [1.54, 1.807) is 12.3 Å². The Hall–Kier alpha value is -1.42. The topological polar surface area (TPSA) is 68.0 Å². The van der Waals surface area contributed by atoms with Crippen molar-refractivity contribution in [2.24, 2.45) is 17.1 Å². The van der Waals surface area contributed by atoms with Crippen LogP contribution in [0.4, 0.5) is 0 Å². The van der Waals surface area contributed by atoms with E-state index in [9.17, 15) is 4.79 Å². The Morgan fingerprint density at radius 1 is 1.50 bits per heavy atom. The third kappa shape index (κ3) is 3.81. The second kappa shape index (κ2) is 5.96. The summed E-state index contributed by atoms with van der Waals surface area (Å²) in [7, 11) is 0. The lowest BCUT2D eigenvalue weighted by Crippen LogP contribution is -2.37. The van der Waals surface area contributed by atoms with Crippen molar-refractivity contribution in [3.63, 3.8) is 0 Å². The first-order valence-corrected chi connectivity index (χ1v) is 6.30. The van der Waals surface area contributed by atoms with Crippen molar-refractivity contribution in [3.8, 4) is 0 Å². The quantitative estimate of drug-likeness (QED) is 0.838. The molecule has 1 amide bonds. The van der Waals surface area contributed by atoms with Crippen LogP contribution in [0.25, 0.3) is 0 Å². The van der Waals surface area contributed by atoms with Gasteiger partial charge in [0.15, 0.2) is 0 Å². The van der Waals surface area contributed by atoms with E-state index in [1.165, 1.54) is 0 Å². The molecule has 0 aliphatic rings. The highest BCUT2D eigenvalue weighted by Gasteiger charge is 2.23. The molecule has 1 rings (SSSR count). The lowest BCUT2D eigenvalue weighted by molar-refractivity contribution is 0.0919. The molecule has 0 aliphatic carbocycles. The molecule has 0 aromatic carbocycles. The maximum absolute atomic E-state index is 12.0. The number of pyridine rings is 1. The van der Waals surface area contributed by atoms with Gasteiger partial charge in [-0.2, -0.15) is 0 Å². The summed E-state index contributed by atoms with van der Waals surface area (Å²) in [5.41, 5.74) is 6.96. The minimum Gasteiger partial charge on any atom is -0.350 e. The Labute approximate surface area is 109 Å². The third-order valence-corrected chi connectivity index (χ3v) is 3.56. The fourth-order valence-corrected chi connectivity index (χ4v) is 1.33. The highest BCUT2D eigenvalue weighted by atomic mass is 16.1. The van der Waals surface area contributed by atoms with Crippen LogP contribution in [-0.2, 0) is 6.54 Å². The van der Waals surface area contributed by atoms with Gasteiger partial charge in [0.2, 0.25) is 0 Å². The first-order chi connectivity index (χ1) is 8.36. The van der Waals surface area contributed by atoms with Gasteiger partial charge in [-0.15, -0.1) is 0 Å². The third-order valence-electron chi connectivity index (χ3n) is 3.56. The minimum absolute atomic E-state index is 0.0706. The Kier molecular flexibility index (Phi) is 4.84. The highest BCUT2D eigenvalue weighted by molar-refractivity contribution is 5.92. The summed E-state index contributed by atoms with van der Waals surface area (Å²) in [4.78, 5) is 16.0. The summed E-state index contributed by atoms with van der Waals surface area (Å²) in [6.07, 6.45) is 1.62. The highest BCUT2D eigenvalue weighted by Crippen LogP contribution is 2.24. The predicted molar refractivity (Wildman–Crippen MR) is 73.1 cm³/mol. The first kappa shape index (κ1) is 14.6. The maximum atomic E-state index is 12.0. The molecule has 0 atom stereocenters. The molecular weight excluding hydrogens is 226 g/mol. The summed E-state index contributed by atoms with van der Waals surface area (Å²) in [5.74, 6) is 0.361. The number of nitrogens with one attached hydrogen (secondary N) is 1. The van der Waals surface area contributed by atoms with Crippen LogP contribution in [0.15, 0.2) is 18.3 Å². The van der Waals surface area contributed by atoms with Crippen molar-refractivity contribution in [2.75, 3.05) is 6.54 Å². The van der Waals surface area contributed by atoms with Gasteiger partial charge in [-0.05, 0) is 29.0 Å². The number of aromatic nitrogens is 1. The van der Waals surface area contributed by atoms with Gasteiger partial charge < -0.3 is 11.1 Å². The average molecular weight is 249 g/mol. The SMILES string of the molecule is CC(C)C(C)(C)CNC(=O)c1cc(CN)ccn1. The Morgan fingerprint density at radius 3 is 2.72 bits per heavy atom. The molecule has 1 aromatic heterocycles. The summed E-state index contributed by atoms with van der Waals surface area (Å²) < 4.78 is 0. The van der Waals surface area contributed by atoms with Crippen LogP contribution in [0.2, 0.25) is 0 Å². The Bertz CT molecular complexity index is 413. The maximum Gasteiger partial charge on any atom is 0.269 e. The molecule has 0 saturated carbocycles. The van der Waals surface area contributed by atoms with Gasteiger partial charge in [-0.3, -0.25) is 9.78 Å². The van der Waals surface area contributed by atoms with Crippen LogP contribution in [0.5, 0.6) is 0 Å². The number of amides is 1. The monoisotopic (exact) mass is 249 g/mol. The molecule has 1 aromatic rings. The molecule has 0 aliphatic heterocycles. The zero-order chi connectivity index (χ0) is 13.8. The number of carbonyl (C=O) groups excluding carboxylic acids is 1. The smallest absolute Gasteiger partial charge is 0.269 e. The molecule has 100 valence electrons. The van der Waals surface area contributed by atoms with Crippen molar-refractivity contribution < 1.29 is 4.79 Å². The van der Waals surface area contributed by atoms with Gasteiger partial charge in [0.1, 0.15) is 5.69 Å². The fraction of sp³-hybridized carbons (Fsp3) is 0.571. The second-order valence-corrected chi connectivity index (χ2v) is 5.58. The van der Waals surface area contributed by atoms with Crippen molar-refractivity contribution in [2.45, 2.75) is 34.2 Å². The summed E-state index contributed by atoms with van der Waals surface area (Å²) in [6.45, 7) is 9.64. The first-order valence-electron chi connectivity index (χ1n) is 6.30. The molecule has 1 heterocycles. The van der Waals surface area contributed by atoms with Gasteiger partial charge >= 0.3 is 0 Å². The van der Waals surface area contributed by atoms with Crippen molar-refractivity contribution in [1.82, 2.24) is 10.3 Å². The van der Waals surface area contributed by atoms with Crippen molar-refractivity contribution in [3.05, 3.63) is 29.6 Å². The zero-order valence-electron chi connectivity index (χ0n) is 11.7. The molecule has 0 fully saturated rings. The molecule has 0 radical (unpaired) electrons.